The molecule has 118 valence electrons. The monoisotopic (exact) mass is 295 g/mol. The van der Waals surface area contributed by atoms with Crippen molar-refractivity contribution < 1.29 is 14.2 Å². The van der Waals surface area contributed by atoms with Gasteiger partial charge in [-0.25, -0.2) is 0 Å². The van der Waals surface area contributed by atoms with Gasteiger partial charge in [0.1, 0.15) is 9.52 Å². The Kier molecular flexibility index (Phi) is 18.0. The zero-order valence-electron chi connectivity index (χ0n) is 13.0. The quantitative estimate of drug-likeness (QED) is 0.268. The third-order valence-corrected chi connectivity index (χ3v) is 3.65. The summed E-state index contributed by atoms with van der Waals surface area (Å²) in [6, 6.07) is 0. The van der Waals surface area contributed by atoms with E-state index in [0.717, 1.165) is 13.1 Å². The summed E-state index contributed by atoms with van der Waals surface area (Å²) in [7, 11) is -0.479. The second-order valence-electron chi connectivity index (χ2n) is 3.66. The van der Waals surface area contributed by atoms with Crippen molar-refractivity contribution in [3.63, 3.8) is 0 Å². The highest BCUT2D eigenvalue weighted by atomic mass is 28.2. The van der Waals surface area contributed by atoms with E-state index in [-0.39, 0.29) is 0 Å². The first kappa shape index (κ1) is 21.3. The van der Waals surface area contributed by atoms with Crippen molar-refractivity contribution >= 4 is 9.52 Å². The van der Waals surface area contributed by atoms with Crippen LogP contribution in [0.2, 0.25) is 6.55 Å². The maximum atomic E-state index is 5.48. The number of nitrogens with one attached hydrogen (secondary N) is 1. The van der Waals surface area contributed by atoms with Gasteiger partial charge in [0.15, 0.2) is 0 Å². The van der Waals surface area contributed by atoms with E-state index in [1.54, 1.807) is 0 Å². The molecule has 0 spiro atoms. The molecule has 0 aromatic rings. The predicted octanol–water partition coefficient (Wildman–Crippen LogP) is -0.582. The normalized spacial score (nSPS) is 11.7. The molecule has 0 aromatic heterocycles. The van der Waals surface area contributed by atoms with E-state index in [1.807, 2.05) is 20.8 Å². The van der Waals surface area contributed by atoms with Crippen LogP contribution < -0.4 is 16.8 Å². The van der Waals surface area contributed by atoms with Gasteiger partial charge in [0, 0.05) is 46.0 Å². The molecule has 7 heteroatoms. The van der Waals surface area contributed by atoms with E-state index < -0.39 is 15.1 Å². The van der Waals surface area contributed by atoms with Crippen LogP contribution in [0.15, 0.2) is 0 Å². The molecule has 6 nitrogen and oxygen atoms in total. The molecule has 0 saturated carbocycles. The molecule has 0 fully saturated rings. The van der Waals surface area contributed by atoms with Gasteiger partial charge in [-0.3, -0.25) is 0 Å². The average Bonchev–Trinajstić information content (AvgIpc) is 2.41. The molecule has 0 bridgehead atoms. The Labute approximate surface area is 120 Å². The molecule has 0 unspecified atom stereocenters. The molecule has 0 saturated heterocycles. The summed E-state index contributed by atoms with van der Waals surface area (Å²) >= 11 is 0. The number of ether oxygens (including phenoxy) is 3. The Morgan fingerprint density at radius 2 is 1.26 bits per heavy atom. The van der Waals surface area contributed by atoms with Crippen LogP contribution >= 0.6 is 0 Å². The number of hydrogen-bond donors (Lipinski definition) is 3. The Balaban J connectivity index is 0. The van der Waals surface area contributed by atoms with Crippen LogP contribution in [-0.2, 0) is 14.2 Å². The number of rotatable bonds is 11. The minimum Gasteiger partial charge on any atom is -0.332 e. The molecule has 0 aliphatic heterocycles. The zero-order chi connectivity index (χ0) is 15.0. The van der Waals surface area contributed by atoms with E-state index >= 15 is 0 Å². The summed E-state index contributed by atoms with van der Waals surface area (Å²) in [6.07, 6.45) is 0. The van der Waals surface area contributed by atoms with Crippen LogP contribution in [0, 0.1) is 0 Å². The number of hydrogen-bond acceptors (Lipinski definition) is 6. The molecular formula is C12H33N3O3Si. The van der Waals surface area contributed by atoms with Crippen molar-refractivity contribution in [2.75, 3.05) is 46.0 Å². The van der Waals surface area contributed by atoms with Crippen LogP contribution in [-0.4, -0.2) is 61.1 Å². The van der Waals surface area contributed by atoms with Gasteiger partial charge in [0.2, 0.25) is 5.60 Å². The molecule has 0 amide bonds. The van der Waals surface area contributed by atoms with E-state index in [1.165, 1.54) is 0 Å². The minimum atomic E-state index is -0.668. The second-order valence-corrected chi connectivity index (χ2v) is 5.24. The third kappa shape index (κ3) is 12.7. The van der Waals surface area contributed by atoms with Crippen molar-refractivity contribution in [2.45, 2.75) is 32.9 Å². The topological polar surface area (TPSA) is 91.8 Å². The largest absolute Gasteiger partial charge is 0.332 e. The molecule has 0 aromatic carbocycles. The highest BCUT2D eigenvalue weighted by molar-refractivity contribution is 6.36. The van der Waals surface area contributed by atoms with Gasteiger partial charge < -0.3 is 31.0 Å². The second kappa shape index (κ2) is 16.0. The Bertz CT molecular complexity index is 155. The summed E-state index contributed by atoms with van der Waals surface area (Å²) in [5.74, 6) is 0. The predicted molar refractivity (Wildman–Crippen MR) is 83.0 cm³/mol. The molecule has 0 atom stereocenters. The van der Waals surface area contributed by atoms with Crippen molar-refractivity contribution in [1.82, 2.24) is 5.32 Å². The molecule has 0 aliphatic carbocycles. The van der Waals surface area contributed by atoms with Gasteiger partial charge in [-0.05, 0) is 20.8 Å². The Morgan fingerprint density at radius 1 is 0.895 bits per heavy atom. The smallest absolute Gasteiger partial charge is 0.248 e. The maximum absolute atomic E-state index is 5.48. The Morgan fingerprint density at radius 3 is 1.47 bits per heavy atom. The van der Waals surface area contributed by atoms with Gasteiger partial charge >= 0.3 is 0 Å². The molecule has 0 aliphatic rings. The van der Waals surface area contributed by atoms with Crippen LogP contribution in [0.25, 0.3) is 0 Å². The van der Waals surface area contributed by atoms with Crippen LogP contribution in [0.1, 0.15) is 20.8 Å². The molecule has 5 N–H and O–H groups in total. The first-order chi connectivity index (χ1) is 9.16. The van der Waals surface area contributed by atoms with E-state index in [0.29, 0.717) is 32.9 Å². The number of nitrogens with two attached hydrogens (primary N) is 2. The van der Waals surface area contributed by atoms with Crippen LogP contribution in [0.5, 0.6) is 0 Å². The van der Waals surface area contributed by atoms with Crippen LogP contribution in [0.4, 0.5) is 0 Å². The van der Waals surface area contributed by atoms with E-state index in [2.05, 4.69) is 11.9 Å². The van der Waals surface area contributed by atoms with Gasteiger partial charge in [-0.1, -0.05) is 6.55 Å². The van der Waals surface area contributed by atoms with Gasteiger partial charge in [0.05, 0.1) is 0 Å². The Hall–Kier alpha value is -0.0231. The summed E-state index contributed by atoms with van der Waals surface area (Å²) in [5.41, 5.74) is 9.66. The van der Waals surface area contributed by atoms with Crippen LogP contribution in [0.3, 0.4) is 0 Å². The van der Waals surface area contributed by atoms with Crippen molar-refractivity contribution in [3.8, 4) is 0 Å². The van der Waals surface area contributed by atoms with Gasteiger partial charge in [0.25, 0.3) is 0 Å². The summed E-state index contributed by atoms with van der Waals surface area (Å²) in [5, 5.41) is 3.03. The van der Waals surface area contributed by atoms with Gasteiger partial charge in [-0.2, -0.15) is 0 Å². The standard InChI is InChI=1S/C8H20O3Si.C4H13N3/c1-5-9-8(12-4,10-6-2)11-7-3;5-1-3-7-4-2-6/h5-7,12H2,1-4H3;7H,1-6H2. The van der Waals surface area contributed by atoms with E-state index in [9.17, 15) is 0 Å². The fourth-order valence-electron chi connectivity index (χ4n) is 1.42. The lowest BCUT2D eigenvalue weighted by Crippen LogP contribution is -2.44. The highest BCUT2D eigenvalue weighted by Gasteiger charge is 2.29. The summed E-state index contributed by atoms with van der Waals surface area (Å²) < 4.78 is 16.4. The lowest BCUT2D eigenvalue weighted by Gasteiger charge is -2.31. The molecule has 19 heavy (non-hydrogen) atoms. The summed E-state index contributed by atoms with van der Waals surface area (Å²) in [6.45, 7) is 13.0. The molecular weight excluding hydrogens is 262 g/mol. The third-order valence-electron chi connectivity index (χ3n) is 2.17. The lowest BCUT2D eigenvalue weighted by atomic mass is 10.6. The fourth-order valence-corrected chi connectivity index (χ4v) is 2.64. The van der Waals surface area contributed by atoms with Gasteiger partial charge in [-0.15, -0.1) is 0 Å². The van der Waals surface area contributed by atoms with Crippen molar-refractivity contribution in [2.24, 2.45) is 11.5 Å². The molecule has 0 radical (unpaired) electrons. The average molecular weight is 296 g/mol. The first-order valence-electron chi connectivity index (χ1n) is 7.18. The summed E-state index contributed by atoms with van der Waals surface area (Å²) in [4.78, 5) is 0. The minimum absolute atomic E-state index is 0.479. The maximum Gasteiger partial charge on any atom is 0.248 e. The highest BCUT2D eigenvalue weighted by Crippen LogP contribution is 2.13. The van der Waals surface area contributed by atoms with Crippen molar-refractivity contribution in [1.29, 1.82) is 0 Å². The molecule has 0 rings (SSSR count). The van der Waals surface area contributed by atoms with Crippen molar-refractivity contribution in [3.05, 3.63) is 0 Å². The zero-order valence-corrected chi connectivity index (χ0v) is 14.5. The SMILES string of the molecule is CCOC(OCC)(OCC)[SiH2]C.NCCNCCN. The van der Waals surface area contributed by atoms with E-state index in [4.69, 9.17) is 25.7 Å². The first-order valence-corrected chi connectivity index (χ1v) is 9.31. The molecule has 0 heterocycles. The fraction of sp³-hybridized carbons (Fsp3) is 1.00. The lowest BCUT2D eigenvalue weighted by molar-refractivity contribution is -0.322.